The molecule has 0 rings (SSSR count). The predicted molar refractivity (Wildman–Crippen MR) is 34.1 cm³/mol. The normalized spacial score (nSPS) is 9.60. The molecule has 0 unspecified atom stereocenters. The maximum absolute atomic E-state index is 3.44. The Morgan fingerprint density at radius 1 is 1.60 bits per heavy atom. The van der Waals surface area contributed by atoms with Crippen molar-refractivity contribution in [1.29, 1.82) is 0 Å². The SMILES string of the molecule is CC[As](Br)Br. The van der Waals surface area contributed by atoms with Gasteiger partial charge in [0, 0.05) is 0 Å². The number of hydrogen-bond donors (Lipinski definition) is 0. The average molecular weight is 264 g/mol. The Bertz CT molecular complexity index is 21.6. The molecule has 5 heavy (non-hydrogen) atoms. The van der Waals surface area contributed by atoms with Gasteiger partial charge in [0.25, 0.3) is 0 Å². The zero-order chi connectivity index (χ0) is 4.28. The second-order valence-corrected chi connectivity index (χ2v) is 17.1. The quantitative estimate of drug-likeness (QED) is 0.637. The van der Waals surface area contributed by atoms with Crippen LogP contribution in [-0.2, 0) is 0 Å². The summed E-state index contributed by atoms with van der Waals surface area (Å²) >= 11 is 6.87. The van der Waals surface area contributed by atoms with Gasteiger partial charge in [-0.05, 0) is 0 Å². The molecule has 0 spiro atoms. The number of hydrogen-bond acceptors (Lipinski definition) is 0. The third-order valence-electron chi connectivity index (χ3n) is 0.239. The predicted octanol–water partition coefficient (Wildman–Crippen LogP) is 2.28. The van der Waals surface area contributed by atoms with E-state index >= 15 is 0 Å². The van der Waals surface area contributed by atoms with Gasteiger partial charge < -0.3 is 0 Å². The van der Waals surface area contributed by atoms with Crippen molar-refractivity contribution >= 4 is 38.8 Å². The minimum absolute atomic E-state index is 0.576. The molecule has 0 saturated carbocycles. The van der Waals surface area contributed by atoms with E-state index < -0.39 is 10.9 Å². The fourth-order valence-corrected chi connectivity index (χ4v) is 0. The van der Waals surface area contributed by atoms with Crippen LogP contribution in [0.4, 0.5) is 0 Å². The summed E-state index contributed by atoms with van der Waals surface area (Å²) in [7, 11) is -0.576. The molecule has 0 amide bonds. The Balaban J connectivity index is 2.54. The van der Waals surface area contributed by atoms with Crippen LogP contribution in [0.2, 0.25) is 5.21 Å². The Kier molecular flexibility index (Phi) is 4.82. The van der Waals surface area contributed by atoms with Crippen LogP contribution in [0.15, 0.2) is 0 Å². The van der Waals surface area contributed by atoms with E-state index in [0.29, 0.717) is 0 Å². The maximum atomic E-state index is 3.44. The molecule has 0 heterocycles. The summed E-state index contributed by atoms with van der Waals surface area (Å²) in [5, 5.41) is 1.28. The van der Waals surface area contributed by atoms with E-state index in [1.54, 1.807) is 0 Å². The molecule has 32 valence electrons. The third-order valence-corrected chi connectivity index (χ3v) is 6.45. The zero-order valence-electron chi connectivity index (χ0n) is 2.91. The fourth-order valence-electron chi connectivity index (χ4n) is 0. The van der Waals surface area contributed by atoms with Crippen molar-refractivity contribution in [2.75, 3.05) is 0 Å². The molecule has 0 N–H and O–H groups in total. The summed E-state index contributed by atoms with van der Waals surface area (Å²) in [5.74, 6) is 0. The van der Waals surface area contributed by atoms with Crippen LogP contribution in [0, 0.1) is 0 Å². The van der Waals surface area contributed by atoms with E-state index in [1.807, 2.05) is 0 Å². The molecule has 0 aliphatic heterocycles. The molecular formula is C2H5AsBr2. The van der Waals surface area contributed by atoms with Gasteiger partial charge in [0.1, 0.15) is 0 Å². The second kappa shape index (κ2) is 3.70. The van der Waals surface area contributed by atoms with Crippen LogP contribution in [0.25, 0.3) is 0 Å². The molecule has 0 nitrogen and oxygen atoms in total. The van der Waals surface area contributed by atoms with Gasteiger partial charge >= 0.3 is 50.9 Å². The molecule has 0 atom stereocenters. The van der Waals surface area contributed by atoms with E-state index in [2.05, 4.69) is 34.8 Å². The van der Waals surface area contributed by atoms with Crippen LogP contribution in [0.3, 0.4) is 0 Å². The monoisotopic (exact) mass is 262 g/mol. The Morgan fingerprint density at radius 3 is 1.80 bits per heavy atom. The molecule has 0 fully saturated rings. The molecule has 3 heteroatoms. The summed E-state index contributed by atoms with van der Waals surface area (Å²) < 4.78 is 0. The van der Waals surface area contributed by atoms with Crippen LogP contribution < -0.4 is 0 Å². The summed E-state index contributed by atoms with van der Waals surface area (Å²) in [6.07, 6.45) is 0. The molecule has 0 aliphatic rings. The Hall–Kier alpha value is 1.52. The minimum atomic E-state index is -0.576. The second-order valence-electron chi connectivity index (χ2n) is 0.619. The molecule has 0 aromatic heterocycles. The first-order valence-electron chi connectivity index (χ1n) is 1.36. The Labute approximate surface area is 50.7 Å². The van der Waals surface area contributed by atoms with Crippen molar-refractivity contribution in [2.24, 2.45) is 0 Å². The van der Waals surface area contributed by atoms with Crippen molar-refractivity contribution in [2.45, 2.75) is 12.1 Å². The van der Waals surface area contributed by atoms with Crippen molar-refractivity contribution < 1.29 is 0 Å². The molecule has 0 saturated heterocycles. The fraction of sp³-hybridized carbons (Fsp3) is 1.00. The van der Waals surface area contributed by atoms with Gasteiger partial charge in [0.15, 0.2) is 0 Å². The molecular weight excluding hydrogens is 259 g/mol. The van der Waals surface area contributed by atoms with Crippen molar-refractivity contribution in [3.05, 3.63) is 0 Å². The van der Waals surface area contributed by atoms with Crippen molar-refractivity contribution in [3.8, 4) is 0 Å². The summed E-state index contributed by atoms with van der Waals surface area (Å²) in [4.78, 5) is 0. The van der Waals surface area contributed by atoms with E-state index in [1.165, 1.54) is 5.21 Å². The number of rotatable bonds is 1. The van der Waals surface area contributed by atoms with Crippen molar-refractivity contribution in [1.82, 2.24) is 0 Å². The first kappa shape index (κ1) is 6.52. The molecule has 0 aromatic rings. The molecule has 0 radical (unpaired) electrons. The van der Waals surface area contributed by atoms with Crippen molar-refractivity contribution in [3.63, 3.8) is 0 Å². The summed E-state index contributed by atoms with van der Waals surface area (Å²) in [6, 6.07) is 0. The van der Waals surface area contributed by atoms with Crippen LogP contribution in [-0.4, -0.2) is 10.9 Å². The average Bonchev–Trinajstić information content (AvgIpc) is 1.38. The first-order chi connectivity index (χ1) is 2.27. The van der Waals surface area contributed by atoms with Crippen LogP contribution in [0.1, 0.15) is 6.92 Å². The van der Waals surface area contributed by atoms with Crippen LogP contribution in [0.5, 0.6) is 0 Å². The number of halogens is 2. The van der Waals surface area contributed by atoms with E-state index in [0.717, 1.165) is 0 Å². The van der Waals surface area contributed by atoms with Crippen LogP contribution >= 0.6 is 27.9 Å². The van der Waals surface area contributed by atoms with E-state index in [9.17, 15) is 0 Å². The molecule has 0 aliphatic carbocycles. The van der Waals surface area contributed by atoms with Gasteiger partial charge in [-0.3, -0.25) is 0 Å². The van der Waals surface area contributed by atoms with Gasteiger partial charge in [-0.1, -0.05) is 0 Å². The van der Waals surface area contributed by atoms with E-state index in [-0.39, 0.29) is 0 Å². The van der Waals surface area contributed by atoms with Gasteiger partial charge in [-0.25, -0.2) is 0 Å². The first-order valence-corrected chi connectivity index (χ1v) is 11.5. The Morgan fingerprint density at radius 2 is 1.80 bits per heavy atom. The zero-order valence-corrected chi connectivity index (χ0v) is 7.96. The molecule has 0 bridgehead atoms. The van der Waals surface area contributed by atoms with Gasteiger partial charge in [0.2, 0.25) is 0 Å². The summed E-state index contributed by atoms with van der Waals surface area (Å²) in [6.45, 7) is 2.17. The third kappa shape index (κ3) is 5.52. The van der Waals surface area contributed by atoms with Gasteiger partial charge in [0.05, 0.1) is 0 Å². The van der Waals surface area contributed by atoms with E-state index in [4.69, 9.17) is 0 Å². The topological polar surface area (TPSA) is 0 Å². The standard InChI is InChI=1S/C2H5AsBr2/c1-2-3(4)5/h2H2,1H3. The summed E-state index contributed by atoms with van der Waals surface area (Å²) in [5.41, 5.74) is 0. The van der Waals surface area contributed by atoms with Gasteiger partial charge in [-0.15, -0.1) is 0 Å². The molecule has 0 aromatic carbocycles. The van der Waals surface area contributed by atoms with Gasteiger partial charge in [-0.2, -0.15) is 0 Å².